The molecule has 0 aliphatic rings. The Labute approximate surface area is 162 Å². The normalized spacial score (nSPS) is 12.6. The van der Waals surface area contributed by atoms with Gasteiger partial charge in [-0.05, 0) is 30.2 Å². The summed E-state index contributed by atoms with van der Waals surface area (Å²) in [5, 5.41) is 6.57. The van der Waals surface area contributed by atoms with Crippen LogP contribution in [0.2, 0.25) is 0 Å². The van der Waals surface area contributed by atoms with Crippen LogP contribution in [0.5, 0.6) is 0 Å². The predicted octanol–water partition coefficient (Wildman–Crippen LogP) is 4.85. The molecule has 1 atom stereocenters. The molecule has 0 fully saturated rings. The average molecular weight is 368 g/mol. The van der Waals surface area contributed by atoms with E-state index < -0.39 is 0 Å². The summed E-state index contributed by atoms with van der Waals surface area (Å²) in [6.07, 6.45) is 4.56. The lowest BCUT2D eigenvalue weighted by Crippen LogP contribution is -1.97. The van der Waals surface area contributed by atoms with Gasteiger partial charge in [-0.1, -0.05) is 47.6 Å². The van der Waals surface area contributed by atoms with E-state index in [2.05, 4.69) is 82.3 Å². The molecule has 0 spiro atoms. The Morgan fingerprint density at radius 3 is 2.82 bits per heavy atom. The van der Waals surface area contributed by atoms with Crippen LogP contribution in [0.1, 0.15) is 35.7 Å². The van der Waals surface area contributed by atoms with Crippen LogP contribution in [-0.4, -0.2) is 19.7 Å². The van der Waals surface area contributed by atoms with Crippen molar-refractivity contribution in [3.63, 3.8) is 0 Å². The molecule has 0 aliphatic carbocycles. The molecule has 0 radical (unpaired) electrons. The number of fused-ring (bicyclic) bond motifs is 2. The molecule has 0 N–H and O–H groups in total. The van der Waals surface area contributed by atoms with E-state index >= 15 is 0 Å². The molecule has 0 saturated heterocycles. The summed E-state index contributed by atoms with van der Waals surface area (Å²) in [6.45, 7) is 2.11. The SMILES string of the molecule is CC(c1nc(Cc2cccc3cccnc23)no1)c1cn(C)c2ccccc12. The van der Waals surface area contributed by atoms with Crippen molar-refractivity contribution in [2.24, 2.45) is 7.05 Å². The first kappa shape index (κ1) is 16.7. The zero-order valence-corrected chi connectivity index (χ0v) is 15.8. The van der Waals surface area contributed by atoms with Gasteiger partial charge >= 0.3 is 0 Å². The summed E-state index contributed by atoms with van der Waals surface area (Å²) < 4.78 is 7.77. The summed E-state index contributed by atoms with van der Waals surface area (Å²) in [5.41, 5.74) is 4.48. The fourth-order valence-electron chi connectivity index (χ4n) is 3.85. The first-order valence-corrected chi connectivity index (χ1v) is 9.40. The van der Waals surface area contributed by atoms with Gasteiger partial charge in [0.25, 0.3) is 0 Å². The summed E-state index contributed by atoms with van der Waals surface area (Å²) in [6, 6.07) is 18.6. The monoisotopic (exact) mass is 368 g/mol. The maximum atomic E-state index is 5.63. The van der Waals surface area contributed by atoms with Crippen LogP contribution in [0, 0.1) is 0 Å². The van der Waals surface area contributed by atoms with Crippen LogP contribution in [0.3, 0.4) is 0 Å². The molecule has 1 unspecified atom stereocenters. The molecular weight excluding hydrogens is 348 g/mol. The summed E-state index contributed by atoms with van der Waals surface area (Å²) in [5.74, 6) is 1.35. The second-order valence-electron chi connectivity index (χ2n) is 7.15. The number of rotatable bonds is 4. The van der Waals surface area contributed by atoms with Gasteiger partial charge in [-0.3, -0.25) is 4.98 Å². The minimum absolute atomic E-state index is 0.0259. The van der Waals surface area contributed by atoms with Gasteiger partial charge < -0.3 is 9.09 Å². The van der Waals surface area contributed by atoms with Crippen molar-refractivity contribution in [3.8, 4) is 0 Å². The molecule has 0 bridgehead atoms. The Morgan fingerprint density at radius 2 is 1.89 bits per heavy atom. The van der Waals surface area contributed by atoms with E-state index in [4.69, 9.17) is 4.52 Å². The smallest absolute Gasteiger partial charge is 0.233 e. The highest BCUT2D eigenvalue weighted by Gasteiger charge is 2.20. The molecule has 5 rings (SSSR count). The maximum absolute atomic E-state index is 5.63. The Morgan fingerprint density at radius 1 is 1.04 bits per heavy atom. The van der Waals surface area contributed by atoms with E-state index in [0.29, 0.717) is 18.1 Å². The van der Waals surface area contributed by atoms with Gasteiger partial charge in [0.1, 0.15) is 0 Å². The molecule has 28 heavy (non-hydrogen) atoms. The van der Waals surface area contributed by atoms with E-state index in [0.717, 1.165) is 16.5 Å². The predicted molar refractivity (Wildman–Crippen MR) is 109 cm³/mol. The molecule has 5 heteroatoms. The fraction of sp³-hybridized carbons (Fsp3) is 0.174. The highest BCUT2D eigenvalue weighted by atomic mass is 16.5. The minimum atomic E-state index is 0.0259. The highest BCUT2D eigenvalue weighted by Crippen LogP contribution is 2.31. The molecule has 0 saturated carbocycles. The Kier molecular flexibility index (Phi) is 3.93. The van der Waals surface area contributed by atoms with Crippen molar-refractivity contribution in [2.75, 3.05) is 0 Å². The van der Waals surface area contributed by atoms with Gasteiger partial charge in [0.05, 0.1) is 11.4 Å². The molecule has 3 heterocycles. The second kappa shape index (κ2) is 6.60. The number of benzene rings is 2. The van der Waals surface area contributed by atoms with Crippen molar-refractivity contribution < 1.29 is 4.52 Å². The molecule has 0 aliphatic heterocycles. The van der Waals surface area contributed by atoms with E-state index in [-0.39, 0.29) is 5.92 Å². The van der Waals surface area contributed by atoms with Crippen LogP contribution in [0.15, 0.2) is 71.5 Å². The van der Waals surface area contributed by atoms with Gasteiger partial charge in [-0.25, -0.2) is 0 Å². The average Bonchev–Trinajstić information content (AvgIpc) is 3.33. The lowest BCUT2D eigenvalue weighted by Gasteiger charge is -2.05. The number of para-hydroxylation sites is 2. The number of pyridine rings is 1. The number of aromatic nitrogens is 4. The Hall–Kier alpha value is -3.47. The third kappa shape index (κ3) is 2.76. The third-order valence-electron chi connectivity index (χ3n) is 5.31. The fourth-order valence-corrected chi connectivity index (χ4v) is 3.85. The lowest BCUT2D eigenvalue weighted by atomic mass is 10.0. The quantitative estimate of drug-likeness (QED) is 0.455. The van der Waals surface area contributed by atoms with Crippen molar-refractivity contribution in [1.29, 1.82) is 0 Å². The van der Waals surface area contributed by atoms with Crippen LogP contribution in [-0.2, 0) is 13.5 Å². The molecule has 5 aromatic rings. The van der Waals surface area contributed by atoms with Crippen molar-refractivity contribution in [1.82, 2.24) is 19.7 Å². The van der Waals surface area contributed by atoms with Crippen LogP contribution in [0.4, 0.5) is 0 Å². The summed E-state index contributed by atoms with van der Waals surface area (Å²) >= 11 is 0. The van der Waals surface area contributed by atoms with E-state index in [1.807, 2.05) is 18.3 Å². The number of hydrogen-bond acceptors (Lipinski definition) is 4. The van der Waals surface area contributed by atoms with Crippen LogP contribution < -0.4 is 0 Å². The highest BCUT2D eigenvalue weighted by molar-refractivity contribution is 5.84. The van der Waals surface area contributed by atoms with Crippen molar-refractivity contribution >= 4 is 21.8 Å². The number of hydrogen-bond donors (Lipinski definition) is 0. The van der Waals surface area contributed by atoms with Crippen molar-refractivity contribution in [2.45, 2.75) is 19.3 Å². The first-order chi connectivity index (χ1) is 13.7. The number of aryl methyl sites for hydroxylation is 1. The summed E-state index contributed by atoms with van der Waals surface area (Å²) in [4.78, 5) is 9.20. The topological polar surface area (TPSA) is 56.7 Å². The van der Waals surface area contributed by atoms with Crippen LogP contribution in [0.25, 0.3) is 21.8 Å². The third-order valence-corrected chi connectivity index (χ3v) is 5.31. The van der Waals surface area contributed by atoms with Crippen LogP contribution >= 0.6 is 0 Å². The Bertz CT molecular complexity index is 1280. The zero-order chi connectivity index (χ0) is 19.1. The molecular formula is C23H20N4O. The standard InChI is InChI=1S/C23H20N4O/c1-15(19-14-27(2)20-11-4-3-10-18(19)20)23-25-21(26-28-23)13-17-8-5-7-16-9-6-12-24-22(16)17/h3-12,14-15H,13H2,1-2H3. The van der Waals surface area contributed by atoms with Crippen molar-refractivity contribution in [3.05, 3.63) is 89.8 Å². The van der Waals surface area contributed by atoms with Gasteiger partial charge in [0.2, 0.25) is 5.89 Å². The second-order valence-corrected chi connectivity index (χ2v) is 7.15. The Balaban J connectivity index is 1.47. The van der Waals surface area contributed by atoms with Gasteiger partial charge in [-0.15, -0.1) is 0 Å². The van der Waals surface area contributed by atoms with E-state index in [1.165, 1.54) is 16.5 Å². The molecule has 0 amide bonds. The van der Waals surface area contributed by atoms with Gasteiger partial charge in [-0.2, -0.15) is 4.98 Å². The zero-order valence-electron chi connectivity index (χ0n) is 15.8. The first-order valence-electron chi connectivity index (χ1n) is 9.40. The van der Waals surface area contributed by atoms with E-state index in [9.17, 15) is 0 Å². The van der Waals surface area contributed by atoms with Gasteiger partial charge in [0, 0.05) is 42.2 Å². The summed E-state index contributed by atoms with van der Waals surface area (Å²) in [7, 11) is 2.06. The lowest BCUT2D eigenvalue weighted by molar-refractivity contribution is 0.366. The maximum Gasteiger partial charge on any atom is 0.233 e. The molecule has 2 aromatic carbocycles. The molecule has 3 aromatic heterocycles. The van der Waals surface area contributed by atoms with E-state index in [1.54, 1.807) is 0 Å². The number of nitrogens with zero attached hydrogens (tertiary/aromatic N) is 4. The molecule has 5 nitrogen and oxygen atoms in total. The largest absolute Gasteiger partial charge is 0.350 e. The molecule has 138 valence electrons. The van der Waals surface area contributed by atoms with Gasteiger partial charge in [0.15, 0.2) is 5.82 Å². The minimum Gasteiger partial charge on any atom is -0.350 e.